The van der Waals surface area contributed by atoms with Gasteiger partial charge in [-0.15, -0.1) is 5.10 Å². The van der Waals surface area contributed by atoms with Gasteiger partial charge in [0, 0.05) is 18.2 Å². The second-order valence-corrected chi connectivity index (χ2v) is 5.39. The molecule has 0 aliphatic carbocycles. The van der Waals surface area contributed by atoms with Gasteiger partial charge in [0.05, 0.1) is 17.6 Å². The van der Waals surface area contributed by atoms with Crippen LogP contribution in [0.1, 0.15) is 26.5 Å². The molecule has 1 aromatic heterocycles. The fourth-order valence-corrected chi connectivity index (χ4v) is 1.53. The Balaban J connectivity index is 2.16. The standard InChI is InChI=1S/C13H16F2N4/c1-13(2,3)16-7-11-8-19(18-17-11)12-5-9(14)4-10(15)6-12/h4-6,8,16H,7H2,1-3H3. The average molecular weight is 266 g/mol. The van der Waals surface area contributed by atoms with E-state index in [9.17, 15) is 8.78 Å². The van der Waals surface area contributed by atoms with Crippen molar-refractivity contribution >= 4 is 0 Å². The number of hydrogen-bond donors (Lipinski definition) is 1. The van der Waals surface area contributed by atoms with E-state index in [4.69, 9.17) is 0 Å². The van der Waals surface area contributed by atoms with Crippen molar-refractivity contribution in [2.45, 2.75) is 32.9 Å². The van der Waals surface area contributed by atoms with Crippen molar-refractivity contribution in [1.29, 1.82) is 0 Å². The Labute approximate surface area is 110 Å². The average Bonchev–Trinajstić information content (AvgIpc) is 2.72. The summed E-state index contributed by atoms with van der Waals surface area (Å²) in [5.41, 5.74) is 0.987. The lowest BCUT2D eigenvalue weighted by molar-refractivity contribution is 0.421. The van der Waals surface area contributed by atoms with Crippen molar-refractivity contribution < 1.29 is 8.78 Å². The Kier molecular flexibility index (Phi) is 3.61. The fourth-order valence-electron chi connectivity index (χ4n) is 1.53. The first-order valence-electron chi connectivity index (χ1n) is 5.96. The summed E-state index contributed by atoms with van der Waals surface area (Å²) in [6, 6.07) is 3.24. The molecule has 19 heavy (non-hydrogen) atoms. The first kappa shape index (κ1) is 13.6. The molecule has 0 saturated heterocycles. The van der Waals surface area contributed by atoms with Gasteiger partial charge in [0.25, 0.3) is 0 Å². The second kappa shape index (κ2) is 5.05. The second-order valence-electron chi connectivity index (χ2n) is 5.39. The Morgan fingerprint density at radius 2 is 1.79 bits per heavy atom. The highest BCUT2D eigenvalue weighted by atomic mass is 19.1. The molecule has 1 aromatic carbocycles. The number of aromatic nitrogens is 3. The molecule has 0 spiro atoms. The molecule has 6 heteroatoms. The first-order valence-corrected chi connectivity index (χ1v) is 5.96. The van der Waals surface area contributed by atoms with Crippen LogP contribution in [0.2, 0.25) is 0 Å². The van der Waals surface area contributed by atoms with Crippen molar-refractivity contribution in [3.63, 3.8) is 0 Å². The SMILES string of the molecule is CC(C)(C)NCc1cn(-c2cc(F)cc(F)c2)nn1. The van der Waals surface area contributed by atoms with Crippen molar-refractivity contribution in [3.8, 4) is 5.69 Å². The molecule has 0 aliphatic rings. The monoisotopic (exact) mass is 266 g/mol. The van der Waals surface area contributed by atoms with Crippen molar-refractivity contribution in [2.24, 2.45) is 0 Å². The van der Waals surface area contributed by atoms with Crippen LogP contribution in [-0.4, -0.2) is 20.5 Å². The Morgan fingerprint density at radius 3 is 2.37 bits per heavy atom. The maximum Gasteiger partial charge on any atom is 0.128 e. The van der Waals surface area contributed by atoms with Gasteiger partial charge in [-0.05, 0) is 32.9 Å². The lowest BCUT2D eigenvalue weighted by Gasteiger charge is -2.19. The van der Waals surface area contributed by atoms with Gasteiger partial charge in [0.15, 0.2) is 0 Å². The van der Waals surface area contributed by atoms with Gasteiger partial charge in [0.2, 0.25) is 0 Å². The van der Waals surface area contributed by atoms with Gasteiger partial charge in [-0.25, -0.2) is 13.5 Å². The molecule has 0 radical (unpaired) electrons. The van der Waals surface area contributed by atoms with E-state index < -0.39 is 11.6 Å². The molecule has 0 bridgehead atoms. The highest BCUT2D eigenvalue weighted by Crippen LogP contribution is 2.12. The lowest BCUT2D eigenvalue weighted by atomic mass is 10.1. The van der Waals surface area contributed by atoms with Crippen LogP contribution in [0.4, 0.5) is 8.78 Å². The van der Waals surface area contributed by atoms with E-state index in [1.807, 2.05) is 20.8 Å². The van der Waals surface area contributed by atoms with Crippen LogP contribution in [0.5, 0.6) is 0 Å². The summed E-state index contributed by atoms with van der Waals surface area (Å²) in [4.78, 5) is 0. The van der Waals surface area contributed by atoms with Gasteiger partial charge < -0.3 is 5.32 Å². The zero-order valence-corrected chi connectivity index (χ0v) is 11.1. The summed E-state index contributed by atoms with van der Waals surface area (Å²) in [7, 11) is 0. The third-order valence-electron chi connectivity index (χ3n) is 2.45. The minimum atomic E-state index is -0.639. The maximum absolute atomic E-state index is 13.1. The molecule has 2 aromatic rings. The van der Waals surface area contributed by atoms with Gasteiger partial charge in [-0.2, -0.15) is 0 Å². The third-order valence-corrected chi connectivity index (χ3v) is 2.45. The molecule has 102 valence electrons. The molecule has 0 atom stereocenters. The van der Waals surface area contributed by atoms with E-state index in [0.717, 1.165) is 6.07 Å². The molecule has 0 amide bonds. The van der Waals surface area contributed by atoms with E-state index in [1.165, 1.54) is 16.8 Å². The van der Waals surface area contributed by atoms with Gasteiger partial charge >= 0.3 is 0 Å². The maximum atomic E-state index is 13.1. The minimum absolute atomic E-state index is 0.0330. The molecule has 0 saturated carbocycles. The highest BCUT2D eigenvalue weighted by molar-refractivity contribution is 5.31. The predicted octanol–water partition coefficient (Wildman–Crippen LogP) is 2.43. The molecular weight excluding hydrogens is 250 g/mol. The third kappa shape index (κ3) is 3.82. The zero-order chi connectivity index (χ0) is 14.0. The number of rotatable bonds is 3. The van der Waals surface area contributed by atoms with Crippen LogP contribution in [0.3, 0.4) is 0 Å². The van der Waals surface area contributed by atoms with Crippen molar-refractivity contribution in [2.75, 3.05) is 0 Å². The normalized spacial score (nSPS) is 11.8. The fraction of sp³-hybridized carbons (Fsp3) is 0.385. The zero-order valence-electron chi connectivity index (χ0n) is 11.1. The predicted molar refractivity (Wildman–Crippen MR) is 67.9 cm³/mol. The summed E-state index contributed by atoms with van der Waals surface area (Å²) in [5, 5.41) is 11.1. The van der Waals surface area contributed by atoms with Crippen molar-refractivity contribution in [3.05, 3.63) is 41.7 Å². The Morgan fingerprint density at radius 1 is 1.16 bits per heavy atom. The van der Waals surface area contributed by atoms with E-state index in [2.05, 4.69) is 15.6 Å². The molecular formula is C13H16F2N4. The summed E-state index contributed by atoms with van der Waals surface area (Å²) < 4.78 is 27.6. The summed E-state index contributed by atoms with van der Waals surface area (Å²) >= 11 is 0. The minimum Gasteiger partial charge on any atom is -0.306 e. The van der Waals surface area contributed by atoms with Gasteiger partial charge in [0.1, 0.15) is 11.6 Å². The number of benzene rings is 1. The molecule has 4 nitrogen and oxygen atoms in total. The van der Waals surface area contributed by atoms with Crippen LogP contribution >= 0.6 is 0 Å². The van der Waals surface area contributed by atoms with Crippen LogP contribution < -0.4 is 5.32 Å². The summed E-state index contributed by atoms with van der Waals surface area (Å²) in [6.07, 6.45) is 1.65. The molecule has 0 aliphatic heterocycles. The Bertz CT molecular complexity index is 552. The Hall–Kier alpha value is -1.82. The van der Waals surface area contributed by atoms with Crippen molar-refractivity contribution in [1.82, 2.24) is 20.3 Å². The summed E-state index contributed by atoms with van der Waals surface area (Å²) in [6.45, 7) is 6.67. The first-order chi connectivity index (χ1) is 8.83. The van der Waals surface area contributed by atoms with E-state index in [1.54, 1.807) is 6.20 Å². The van der Waals surface area contributed by atoms with E-state index in [-0.39, 0.29) is 5.54 Å². The van der Waals surface area contributed by atoms with E-state index in [0.29, 0.717) is 17.9 Å². The van der Waals surface area contributed by atoms with Gasteiger partial charge in [-0.3, -0.25) is 0 Å². The van der Waals surface area contributed by atoms with Gasteiger partial charge in [-0.1, -0.05) is 5.21 Å². The molecule has 0 unspecified atom stereocenters. The molecule has 2 rings (SSSR count). The lowest BCUT2D eigenvalue weighted by Crippen LogP contribution is -2.35. The quantitative estimate of drug-likeness (QED) is 0.927. The van der Waals surface area contributed by atoms with Crippen LogP contribution in [0.25, 0.3) is 5.69 Å². The topological polar surface area (TPSA) is 42.7 Å². The van der Waals surface area contributed by atoms with E-state index >= 15 is 0 Å². The number of halogens is 2. The largest absolute Gasteiger partial charge is 0.306 e. The molecule has 0 fully saturated rings. The smallest absolute Gasteiger partial charge is 0.128 e. The van der Waals surface area contributed by atoms with Crippen LogP contribution in [0, 0.1) is 11.6 Å². The number of nitrogens with zero attached hydrogens (tertiary/aromatic N) is 3. The summed E-state index contributed by atoms with van der Waals surface area (Å²) in [5.74, 6) is -1.28. The van der Waals surface area contributed by atoms with Crippen LogP contribution in [-0.2, 0) is 6.54 Å². The van der Waals surface area contributed by atoms with Crippen LogP contribution in [0.15, 0.2) is 24.4 Å². The number of hydrogen-bond acceptors (Lipinski definition) is 3. The number of nitrogens with one attached hydrogen (secondary N) is 1. The molecule has 1 N–H and O–H groups in total. The molecule has 1 heterocycles. The highest BCUT2D eigenvalue weighted by Gasteiger charge is 2.11.